The number of benzene rings is 1. The van der Waals surface area contributed by atoms with Crippen LogP contribution in [-0.2, 0) is 9.53 Å². The van der Waals surface area contributed by atoms with Gasteiger partial charge in [-0.2, -0.15) is 0 Å². The third-order valence-electron chi connectivity index (χ3n) is 3.77. The molecule has 1 heterocycles. The van der Waals surface area contributed by atoms with Crippen LogP contribution in [0.25, 0.3) is 0 Å². The zero-order valence-electron chi connectivity index (χ0n) is 12.8. The molecule has 1 aliphatic heterocycles. The minimum Gasteiger partial charge on any atom is -0.494 e. The smallest absolute Gasteiger partial charge is 0.323 e. The summed E-state index contributed by atoms with van der Waals surface area (Å²) in [6, 6.07) is 9.78. The fourth-order valence-electron chi connectivity index (χ4n) is 2.74. The maximum Gasteiger partial charge on any atom is 0.323 e. The van der Waals surface area contributed by atoms with Crippen molar-refractivity contribution in [2.24, 2.45) is 0 Å². The van der Waals surface area contributed by atoms with Crippen LogP contribution in [0.5, 0.6) is 5.75 Å². The fourth-order valence-corrected chi connectivity index (χ4v) is 2.74. The van der Waals surface area contributed by atoms with E-state index >= 15 is 0 Å². The number of likely N-dealkylation sites (tertiary alicyclic amines) is 1. The summed E-state index contributed by atoms with van der Waals surface area (Å²) in [5.41, 5.74) is 0. The maximum absolute atomic E-state index is 12.0. The third kappa shape index (κ3) is 5.05. The summed E-state index contributed by atoms with van der Waals surface area (Å²) in [7, 11) is 0. The van der Waals surface area contributed by atoms with Gasteiger partial charge in [0.2, 0.25) is 0 Å². The molecule has 4 nitrogen and oxygen atoms in total. The molecule has 4 heteroatoms. The first-order valence-electron chi connectivity index (χ1n) is 7.90. The number of para-hydroxylation sites is 1. The summed E-state index contributed by atoms with van der Waals surface area (Å²) in [5.74, 6) is 0.833. The average molecular weight is 291 g/mol. The van der Waals surface area contributed by atoms with Gasteiger partial charge in [0, 0.05) is 6.54 Å². The van der Waals surface area contributed by atoms with E-state index in [0.29, 0.717) is 13.2 Å². The van der Waals surface area contributed by atoms with Crippen molar-refractivity contribution in [1.82, 2.24) is 4.90 Å². The van der Waals surface area contributed by atoms with Gasteiger partial charge in [-0.15, -0.1) is 0 Å². The average Bonchev–Trinajstić information content (AvgIpc) is 2.53. The highest BCUT2D eigenvalue weighted by molar-refractivity contribution is 5.75. The van der Waals surface area contributed by atoms with Crippen molar-refractivity contribution in [3.8, 4) is 5.75 Å². The topological polar surface area (TPSA) is 38.8 Å². The molecule has 0 spiro atoms. The summed E-state index contributed by atoms with van der Waals surface area (Å²) < 4.78 is 10.9. The number of hydrogen-bond donors (Lipinski definition) is 0. The monoisotopic (exact) mass is 291 g/mol. The molecule has 116 valence electrons. The molecule has 0 aliphatic carbocycles. The number of carbonyl (C=O) groups excluding carboxylic acids is 1. The number of piperidine rings is 1. The van der Waals surface area contributed by atoms with Crippen LogP contribution < -0.4 is 4.74 Å². The largest absolute Gasteiger partial charge is 0.494 e. The molecule has 1 saturated heterocycles. The Labute approximate surface area is 127 Å². The van der Waals surface area contributed by atoms with Gasteiger partial charge in [-0.1, -0.05) is 24.6 Å². The predicted molar refractivity (Wildman–Crippen MR) is 82.4 cm³/mol. The van der Waals surface area contributed by atoms with Crippen LogP contribution in [0.1, 0.15) is 32.6 Å². The quantitative estimate of drug-likeness (QED) is 0.572. The van der Waals surface area contributed by atoms with Crippen molar-refractivity contribution in [1.29, 1.82) is 0 Å². The molecule has 2 rings (SSSR count). The second kappa shape index (κ2) is 8.67. The van der Waals surface area contributed by atoms with E-state index in [4.69, 9.17) is 9.47 Å². The third-order valence-corrected chi connectivity index (χ3v) is 3.77. The molecule has 0 radical (unpaired) electrons. The molecule has 0 aromatic heterocycles. The summed E-state index contributed by atoms with van der Waals surface area (Å²) >= 11 is 0. The SMILES string of the molecule is CCOC(=O)C1CCCCN1CCCOc1ccccc1. The van der Waals surface area contributed by atoms with Crippen molar-refractivity contribution in [2.45, 2.75) is 38.6 Å². The molecule has 0 amide bonds. The van der Waals surface area contributed by atoms with Crippen LogP contribution >= 0.6 is 0 Å². The molecule has 21 heavy (non-hydrogen) atoms. The maximum atomic E-state index is 12.0. The number of ether oxygens (including phenoxy) is 2. The van der Waals surface area contributed by atoms with E-state index in [-0.39, 0.29) is 12.0 Å². The number of hydrogen-bond acceptors (Lipinski definition) is 4. The summed E-state index contributed by atoms with van der Waals surface area (Å²) in [6.45, 7) is 4.86. The van der Waals surface area contributed by atoms with Crippen LogP contribution in [-0.4, -0.2) is 43.2 Å². The molecular formula is C17H25NO3. The van der Waals surface area contributed by atoms with E-state index < -0.39 is 0 Å². The second-order valence-corrected chi connectivity index (χ2v) is 5.31. The lowest BCUT2D eigenvalue weighted by atomic mass is 10.0. The standard InChI is InChI=1S/C17H25NO3/c1-2-20-17(19)16-11-6-7-12-18(16)13-8-14-21-15-9-4-3-5-10-15/h3-5,9-10,16H,2,6-8,11-14H2,1H3. The number of rotatable bonds is 7. The highest BCUT2D eigenvalue weighted by atomic mass is 16.5. The van der Waals surface area contributed by atoms with E-state index in [1.807, 2.05) is 37.3 Å². The van der Waals surface area contributed by atoms with E-state index in [9.17, 15) is 4.79 Å². The van der Waals surface area contributed by atoms with Crippen LogP contribution in [0.4, 0.5) is 0 Å². The molecular weight excluding hydrogens is 266 g/mol. The Morgan fingerprint density at radius 3 is 2.86 bits per heavy atom. The van der Waals surface area contributed by atoms with Crippen molar-refractivity contribution >= 4 is 5.97 Å². The number of esters is 1. The minimum atomic E-state index is -0.0684. The predicted octanol–water partition coefficient (Wildman–Crippen LogP) is 2.87. The van der Waals surface area contributed by atoms with Gasteiger partial charge in [-0.25, -0.2) is 0 Å². The molecule has 0 bridgehead atoms. The number of carbonyl (C=O) groups is 1. The highest BCUT2D eigenvalue weighted by Crippen LogP contribution is 2.18. The van der Waals surface area contributed by atoms with Gasteiger partial charge in [0.05, 0.1) is 13.2 Å². The summed E-state index contributed by atoms with van der Waals surface area (Å²) in [6.07, 6.45) is 4.11. The first-order chi connectivity index (χ1) is 10.3. The first kappa shape index (κ1) is 15.8. The van der Waals surface area contributed by atoms with Gasteiger partial charge >= 0.3 is 5.97 Å². The van der Waals surface area contributed by atoms with Gasteiger partial charge in [0.1, 0.15) is 11.8 Å². The van der Waals surface area contributed by atoms with E-state index in [0.717, 1.165) is 44.5 Å². The normalized spacial score (nSPS) is 19.2. The first-order valence-corrected chi connectivity index (χ1v) is 7.90. The van der Waals surface area contributed by atoms with Gasteiger partial charge < -0.3 is 9.47 Å². The highest BCUT2D eigenvalue weighted by Gasteiger charge is 2.29. The van der Waals surface area contributed by atoms with E-state index in [1.165, 1.54) is 0 Å². The van der Waals surface area contributed by atoms with Crippen LogP contribution in [0.3, 0.4) is 0 Å². The molecule has 1 aliphatic rings. The van der Waals surface area contributed by atoms with Crippen LogP contribution in [0, 0.1) is 0 Å². The lowest BCUT2D eigenvalue weighted by Crippen LogP contribution is -2.46. The van der Waals surface area contributed by atoms with Gasteiger partial charge in [0.15, 0.2) is 0 Å². The molecule has 1 atom stereocenters. The summed E-state index contributed by atoms with van der Waals surface area (Å²) in [4.78, 5) is 14.2. The van der Waals surface area contributed by atoms with Crippen molar-refractivity contribution in [3.05, 3.63) is 30.3 Å². The van der Waals surface area contributed by atoms with Crippen LogP contribution in [0.2, 0.25) is 0 Å². The Bertz CT molecular complexity index is 421. The molecule has 0 saturated carbocycles. The molecule has 1 fully saturated rings. The Morgan fingerprint density at radius 1 is 1.29 bits per heavy atom. The van der Waals surface area contributed by atoms with E-state index in [2.05, 4.69) is 4.90 Å². The molecule has 1 unspecified atom stereocenters. The summed E-state index contributed by atoms with van der Waals surface area (Å²) in [5, 5.41) is 0. The minimum absolute atomic E-state index is 0.0598. The van der Waals surface area contributed by atoms with Crippen molar-refractivity contribution in [3.63, 3.8) is 0 Å². The molecule has 1 aromatic carbocycles. The lowest BCUT2D eigenvalue weighted by molar-refractivity contribution is -0.150. The Kier molecular flexibility index (Phi) is 6.54. The lowest BCUT2D eigenvalue weighted by Gasteiger charge is -2.33. The number of nitrogens with zero attached hydrogens (tertiary/aromatic N) is 1. The van der Waals surface area contributed by atoms with Gasteiger partial charge in [0.25, 0.3) is 0 Å². The fraction of sp³-hybridized carbons (Fsp3) is 0.588. The van der Waals surface area contributed by atoms with Gasteiger partial charge in [-0.05, 0) is 44.9 Å². The van der Waals surface area contributed by atoms with Crippen molar-refractivity contribution in [2.75, 3.05) is 26.3 Å². The van der Waals surface area contributed by atoms with Gasteiger partial charge in [-0.3, -0.25) is 9.69 Å². The zero-order chi connectivity index (χ0) is 14.9. The Morgan fingerprint density at radius 2 is 2.10 bits per heavy atom. The Balaban J connectivity index is 1.73. The van der Waals surface area contributed by atoms with Crippen molar-refractivity contribution < 1.29 is 14.3 Å². The van der Waals surface area contributed by atoms with Crippen LogP contribution in [0.15, 0.2) is 30.3 Å². The van der Waals surface area contributed by atoms with E-state index in [1.54, 1.807) is 0 Å². The molecule has 0 N–H and O–H groups in total. The Hall–Kier alpha value is -1.55. The second-order valence-electron chi connectivity index (χ2n) is 5.31. The zero-order valence-corrected chi connectivity index (χ0v) is 12.8. The molecule has 1 aromatic rings.